The quantitative estimate of drug-likeness (QED) is 0.530. The summed E-state index contributed by atoms with van der Waals surface area (Å²) < 4.78 is 0. The van der Waals surface area contributed by atoms with Crippen LogP contribution in [-0.4, -0.2) is 18.5 Å². The topological polar surface area (TPSA) is 3.24 Å². The predicted molar refractivity (Wildman–Crippen MR) is 53.9 cm³/mol. The maximum absolute atomic E-state index is 2.28. The lowest BCUT2D eigenvalue weighted by molar-refractivity contribution is 0.461. The Bertz CT molecular complexity index is 252. The van der Waals surface area contributed by atoms with E-state index in [9.17, 15) is 0 Å². The van der Waals surface area contributed by atoms with Gasteiger partial charge in [0.1, 0.15) is 0 Å². The van der Waals surface area contributed by atoms with Gasteiger partial charge in [-0.1, -0.05) is 23.8 Å². The van der Waals surface area contributed by atoms with Gasteiger partial charge in [-0.2, -0.15) is 0 Å². The van der Waals surface area contributed by atoms with Crippen molar-refractivity contribution in [2.45, 2.75) is 20.8 Å². The van der Waals surface area contributed by atoms with Crippen molar-refractivity contribution >= 4 is 0 Å². The number of nitrogens with zero attached hydrogens (tertiary/aromatic N) is 1. The second kappa shape index (κ2) is 3.61. The van der Waals surface area contributed by atoms with E-state index in [4.69, 9.17) is 0 Å². The van der Waals surface area contributed by atoms with Gasteiger partial charge in [-0.25, -0.2) is 0 Å². The summed E-state index contributed by atoms with van der Waals surface area (Å²) in [5.74, 6) is 0. The Morgan fingerprint density at radius 1 is 1.50 bits per heavy atom. The molecule has 0 saturated carbocycles. The van der Waals surface area contributed by atoms with Crippen LogP contribution in [0, 0.1) is 0 Å². The molecule has 1 nitrogen and oxygen atoms in total. The van der Waals surface area contributed by atoms with E-state index < -0.39 is 0 Å². The molecule has 1 aliphatic rings. The van der Waals surface area contributed by atoms with Gasteiger partial charge in [-0.05, 0) is 26.3 Å². The number of hydrogen-bond acceptors (Lipinski definition) is 1. The van der Waals surface area contributed by atoms with Crippen LogP contribution in [0.15, 0.2) is 35.1 Å². The van der Waals surface area contributed by atoms with Crippen molar-refractivity contribution in [3.8, 4) is 0 Å². The maximum atomic E-state index is 2.28. The van der Waals surface area contributed by atoms with Gasteiger partial charge in [0.25, 0.3) is 0 Å². The molecule has 0 spiro atoms. The summed E-state index contributed by atoms with van der Waals surface area (Å²) in [7, 11) is 2.13. The lowest BCUT2D eigenvalue weighted by atomic mass is 10.0. The Morgan fingerprint density at radius 3 is 2.58 bits per heavy atom. The lowest BCUT2D eigenvalue weighted by Crippen LogP contribution is -2.22. The van der Waals surface area contributed by atoms with Gasteiger partial charge in [0, 0.05) is 19.3 Å². The van der Waals surface area contributed by atoms with Crippen molar-refractivity contribution in [3.63, 3.8) is 0 Å². The van der Waals surface area contributed by atoms with Crippen molar-refractivity contribution in [3.05, 3.63) is 35.1 Å². The molecule has 1 heteroatoms. The minimum absolute atomic E-state index is 1.03. The monoisotopic (exact) mass is 163 g/mol. The predicted octanol–water partition coefficient (Wildman–Crippen LogP) is 2.73. The van der Waals surface area contributed by atoms with E-state index in [1.165, 1.54) is 16.8 Å². The first-order chi connectivity index (χ1) is 5.66. The summed E-state index contributed by atoms with van der Waals surface area (Å²) in [6.07, 6.45) is 6.55. The fourth-order valence-electron chi connectivity index (χ4n) is 1.63. The zero-order chi connectivity index (χ0) is 9.14. The highest BCUT2D eigenvalue weighted by Gasteiger charge is 2.11. The zero-order valence-corrected chi connectivity index (χ0v) is 8.39. The molecular formula is C11H17N. The number of rotatable bonds is 0. The highest BCUT2D eigenvalue weighted by atomic mass is 15.1. The number of allylic oxidation sites excluding steroid dienone is 3. The molecule has 0 unspecified atom stereocenters. The van der Waals surface area contributed by atoms with Gasteiger partial charge < -0.3 is 4.90 Å². The van der Waals surface area contributed by atoms with Crippen molar-refractivity contribution in [1.82, 2.24) is 4.90 Å². The van der Waals surface area contributed by atoms with Gasteiger partial charge in [-0.3, -0.25) is 0 Å². The maximum Gasteiger partial charge on any atom is 0.0422 e. The Morgan fingerprint density at radius 2 is 2.17 bits per heavy atom. The lowest BCUT2D eigenvalue weighted by Gasteiger charge is -2.27. The molecule has 0 atom stereocenters. The van der Waals surface area contributed by atoms with Crippen LogP contribution in [0.3, 0.4) is 0 Å². The van der Waals surface area contributed by atoms with E-state index in [1.807, 2.05) is 0 Å². The smallest absolute Gasteiger partial charge is 0.0422 e. The fraction of sp³-hybridized carbons (Fsp3) is 0.455. The van der Waals surface area contributed by atoms with Crippen LogP contribution in [0.4, 0.5) is 0 Å². The van der Waals surface area contributed by atoms with E-state index in [0.717, 1.165) is 6.54 Å². The van der Waals surface area contributed by atoms with E-state index in [1.54, 1.807) is 0 Å². The average Bonchev–Trinajstić information content (AvgIpc) is 2.03. The van der Waals surface area contributed by atoms with Gasteiger partial charge in [0.05, 0.1) is 0 Å². The van der Waals surface area contributed by atoms with Crippen molar-refractivity contribution in [1.29, 1.82) is 0 Å². The van der Waals surface area contributed by atoms with Crippen LogP contribution in [0.1, 0.15) is 20.8 Å². The van der Waals surface area contributed by atoms with Gasteiger partial charge >= 0.3 is 0 Å². The van der Waals surface area contributed by atoms with Crippen molar-refractivity contribution in [2.75, 3.05) is 13.6 Å². The van der Waals surface area contributed by atoms with E-state index in [-0.39, 0.29) is 0 Å². The molecule has 0 aromatic rings. The van der Waals surface area contributed by atoms with Gasteiger partial charge in [0.15, 0.2) is 0 Å². The molecule has 0 bridgehead atoms. The van der Waals surface area contributed by atoms with Crippen molar-refractivity contribution in [2.24, 2.45) is 0 Å². The third kappa shape index (κ3) is 1.60. The van der Waals surface area contributed by atoms with Crippen LogP contribution in [0.2, 0.25) is 0 Å². The molecule has 0 aromatic heterocycles. The third-order valence-corrected chi connectivity index (χ3v) is 2.12. The molecule has 0 saturated heterocycles. The standard InChI is InChI=1S/C11H17N/c1-5-10-7-6-8-12(4)11(10)9(2)3/h5-7H,8H2,1-4H3/b10-5-. The fourth-order valence-corrected chi connectivity index (χ4v) is 1.63. The SMILES string of the molecule is C/C=C1/C=CCN(C)C1=C(C)C. The number of likely N-dealkylation sites (N-methyl/N-ethyl adjacent to an activating group) is 1. The summed E-state index contributed by atoms with van der Waals surface area (Å²) in [6, 6.07) is 0. The highest BCUT2D eigenvalue weighted by Crippen LogP contribution is 2.22. The molecule has 1 rings (SSSR count). The summed E-state index contributed by atoms with van der Waals surface area (Å²) in [6.45, 7) is 7.43. The molecule has 0 amide bonds. The third-order valence-electron chi connectivity index (χ3n) is 2.12. The zero-order valence-electron chi connectivity index (χ0n) is 8.39. The minimum atomic E-state index is 1.03. The summed E-state index contributed by atoms with van der Waals surface area (Å²) in [4.78, 5) is 2.28. The van der Waals surface area contributed by atoms with E-state index in [0.29, 0.717) is 0 Å². The van der Waals surface area contributed by atoms with E-state index in [2.05, 4.69) is 50.9 Å². The van der Waals surface area contributed by atoms with Crippen LogP contribution in [-0.2, 0) is 0 Å². The average molecular weight is 163 g/mol. The number of hydrogen-bond donors (Lipinski definition) is 0. The first kappa shape index (κ1) is 9.11. The Balaban J connectivity index is 3.11. The molecule has 1 heterocycles. The van der Waals surface area contributed by atoms with Crippen LogP contribution in [0.25, 0.3) is 0 Å². The van der Waals surface area contributed by atoms with Crippen LogP contribution < -0.4 is 0 Å². The molecule has 12 heavy (non-hydrogen) atoms. The van der Waals surface area contributed by atoms with Crippen LogP contribution >= 0.6 is 0 Å². The highest BCUT2D eigenvalue weighted by molar-refractivity contribution is 5.43. The van der Waals surface area contributed by atoms with Crippen molar-refractivity contribution < 1.29 is 0 Å². The second-order valence-corrected chi connectivity index (χ2v) is 3.38. The first-order valence-corrected chi connectivity index (χ1v) is 4.38. The molecule has 0 fully saturated rings. The summed E-state index contributed by atoms with van der Waals surface area (Å²) in [5.41, 5.74) is 4.10. The van der Waals surface area contributed by atoms with Gasteiger partial charge in [-0.15, -0.1) is 0 Å². The molecule has 0 aliphatic carbocycles. The van der Waals surface area contributed by atoms with E-state index >= 15 is 0 Å². The summed E-state index contributed by atoms with van der Waals surface area (Å²) in [5, 5.41) is 0. The second-order valence-electron chi connectivity index (χ2n) is 3.38. The Kier molecular flexibility index (Phi) is 2.74. The minimum Gasteiger partial charge on any atom is -0.370 e. The normalized spacial score (nSPS) is 20.5. The molecule has 0 N–H and O–H groups in total. The van der Waals surface area contributed by atoms with Gasteiger partial charge in [0.2, 0.25) is 0 Å². The molecule has 0 aromatic carbocycles. The summed E-state index contributed by atoms with van der Waals surface area (Å²) >= 11 is 0. The van der Waals surface area contributed by atoms with Crippen LogP contribution in [0.5, 0.6) is 0 Å². The molecule has 0 radical (unpaired) electrons. The molecular weight excluding hydrogens is 146 g/mol. The molecule has 66 valence electrons. The largest absolute Gasteiger partial charge is 0.370 e. The Hall–Kier alpha value is -0.980. The Labute approximate surface area is 75.1 Å². The molecule has 1 aliphatic heterocycles. The first-order valence-electron chi connectivity index (χ1n) is 4.38.